The Morgan fingerprint density at radius 2 is 2.33 bits per heavy atom. The van der Waals surface area contributed by atoms with Crippen LogP contribution in [0.5, 0.6) is 5.75 Å². The van der Waals surface area contributed by atoms with E-state index in [2.05, 4.69) is 6.58 Å². The Bertz CT molecular complexity index is 364. The molecule has 0 amide bonds. The molecule has 0 fully saturated rings. The van der Waals surface area contributed by atoms with Gasteiger partial charge in [-0.05, 0) is 19.1 Å². The third-order valence-corrected chi connectivity index (χ3v) is 1.93. The molecule has 1 rings (SSSR count). The highest BCUT2D eigenvalue weighted by Crippen LogP contribution is 2.22. The molecule has 0 bridgehead atoms. The van der Waals surface area contributed by atoms with E-state index in [1.54, 1.807) is 6.07 Å². The number of benzene rings is 1. The first-order valence-corrected chi connectivity index (χ1v) is 4.82. The minimum Gasteiger partial charge on any atom is -0.488 e. The van der Waals surface area contributed by atoms with Crippen LogP contribution >= 0.6 is 11.6 Å². The first kappa shape index (κ1) is 12.0. The molecule has 1 atom stereocenters. The van der Waals surface area contributed by atoms with E-state index >= 15 is 0 Å². The van der Waals surface area contributed by atoms with Crippen LogP contribution in [0.2, 0.25) is 0 Å². The molecule has 0 aliphatic rings. The summed E-state index contributed by atoms with van der Waals surface area (Å²) in [5.41, 5.74) is 0.243. The average molecular weight is 231 g/mol. The van der Waals surface area contributed by atoms with Gasteiger partial charge in [0.1, 0.15) is 18.2 Å². The highest BCUT2D eigenvalue weighted by molar-refractivity contribution is 6.29. The van der Waals surface area contributed by atoms with Gasteiger partial charge in [-0.1, -0.05) is 18.2 Å². The van der Waals surface area contributed by atoms with Crippen LogP contribution in [0.3, 0.4) is 0 Å². The summed E-state index contributed by atoms with van der Waals surface area (Å²) in [4.78, 5) is 0. The normalized spacial score (nSPS) is 12.3. The molecular weight excluding hydrogens is 219 g/mol. The van der Waals surface area contributed by atoms with Crippen molar-refractivity contribution in [3.63, 3.8) is 0 Å². The third kappa shape index (κ3) is 3.53. The Morgan fingerprint density at radius 3 is 2.80 bits per heavy atom. The van der Waals surface area contributed by atoms with Crippen LogP contribution in [0.4, 0.5) is 4.39 Å². The predicted molar refractivity (Wildman–Crippen MR) is 57.5 cm³/mol. The number of hydrogen-bond donors (Lipinski definition) is 1. The number of halogens is 2. The van der Waals surface area contributed by atoms with Crippen LogP contribution in [-0.2, 0) is 0 Å². The predicted octanol–water partition coefficient (Wildman–Crippen LogP) is 3.01. The molecule has 0 saturated heterocycles. The van der Waals surface area contributed by atoms with Crippen molar-refractivity contribution >= 4 is 11.6 Å². The molecule has 1 aromatic carbocycles. The van der Waals surface area contributed by atoms with E-state index in [0.717, 1.165) is 0 Å². The second-order valence-electron chi connectivity index (χ2n) is 3.17. The zero-order valence-electron chi connectivity index (χ0n) is 8.34. The second-order valence-corrected chi connectivity index (χ2v) is 3.70. The molecule has 0 aromatic heterocycles. The highest BCUT2D eigenvalue weighted by atomic mass is 35.5. The quantitative estimate of drug-likeness (QED) is 0.862. The van der Waals surface area contributed by atoms with Gasteiger partial charge in [-0.2, -0.15) is 0 Å². The summed E-state index contributed by atoms with van der Waals surface area (Å²) in [6, 6.07) is 4.26. The van der Waals surface area contributed by atoms with Crippen LogP contribution in [0.1, 0.15) is 18.6 Å². The summed E-state index contributed by atoms with van der Waals surface area (Å²) < 4.78 is 18.5. The first-order chi connectivity index (χ1) is 7.00. The van der Waals surface area contributed by atoms with E-state index in [1.807, 2.05) is 0 Å². The van der Waals surface area contributed by atoms with Crippen molar-refractivity contribution in [2.24, 2.45) is 0 Å². The summed E-state index contributed by atoms with van der Waals surface area (Å²) in [5, 5.41) is 9.54. The van der Waals surface area contributed by atoms with Crippen LogP contribution in [0.25, 0.3) is 0 Å². The van der Waals surface area contributed by atoms with Crippen molar-refractivity contribution < 1.29 is 14.2 Å². The zero-order chi connectivity index (χ0) is 11.4. The molecule has 0 saturated carbocycles. The molecule has 82 valence electrons. The van der Waals surface area contributed by atoms with Gasteiger partial charge in [-0.3, -0.25) is 0 Å². The Kier molecular flexibility index (Phi) is 4.12. The fraction of sp³-hybridized carbons (Fsp3) is 0.273. The molecular formula is C11H12ClFO2. The van der Waals surface area contributed by atoms with E-state index in [0.29, 0.717) is 10.8 Å². The number of rotatable bonds is 4. The third-order valence-electron chi connectivity index (χ3n) is 1.82. The van der Waals surface area contributed by atoms with Crippen molar-refractivity contribution in [2.75, 3.05) is 6.61 Å². The minimum atomic E-state index is -0.831. The fourth-order valence-electron chi connectivity index (χ4n) is 1.10. The van der Waals surface area contributed by atoms with Gasteiger partial charge in [0.05, 0.1) is 6.10 Å². The Morgan fingerprint density at radius 1 is 1.67 bits per heavy atom. The van der Waals surface area contributed by atoms with Gasteiger partial charge in [0.25, 0.3) is 0 Å². The SMILES string of the molecule is C=C(Cl)COc1ccc([C@H](C)O)c(F)c1. The molecule has 1 aromatic rings. The summed E-state index contributed by atoms with van der Waals surface area (Å²) in [6.45, 7) is 5.08. The Hall–Kier alpha value is -1.06. The van der Waals surface area contributed by atoms with Crippen molar-refractivity contribution in [3.8, 4) is 5.75 Å². The largest absolute Gasteiger partial charge is 0.488 e. The summed E-state index contributed by atoms with van der Waals surface area (Å²) in [5.74, 6) is -0.138. The van der Waals surface area contributed by atoms with Crippen molar-refractivity contribution in [1.29, 1.82) is 0 Å². The van der Waals surface area contributed by atoms with Gasteiger partial charge in [-0.15, -0.1) is 0 Å². The smallest absolute Gasteiger partial charge is 0.132 e. The molecule has 0 aliphatic heterocycles. The Balaban J connectivity index is 2.77. The van der Waals surface area contributed by atoms with Gasteiger partial charge < -0.3 is 9.84 Å². The number of aliphatic hydroxyl groups excluding tert-OH is 1. The molecule has 4 heteroatoms. The van der Waals surface area contributed by atoms with Gasteiger partial charge in [0.15, 0.2) is 0 Å². The lowest BCUT2D eigenvalue weighted by Gasteiger charge is -2.09. The standard InChI is InChI=1S/C11H12ClFO2/c1-7(12)6-15-9-3-4-10(8(2)14)11(13)5-9/h3-5,8,14H,1,6H2,2H3/t8-/m0/s1. The van der Waals surface area contributed by atoms with Gasteiger partial charge >= 0.3 is 0 Å². The molecule has 15 heavy (non-hydrogen) atoms. The fourth-order valence-corrected chi connectivity index (χ4v) is 1.15. The molecule has 1 N–H and O–H groups in total. The molecule has 0 aliphatic carbocycles. The van der Waals surface area contributed by atoms with E-state index in [9.17, 15) is 9.50 Å². The topological polar surface area (TPSA) is 29.5 Å². The summed E-state index contributed by atoms with van der Waals surface area (Å²) in [6.07, 6.45) is -0.831. The lowest BCUT2D eigenvalue weighted by molar-refractivity contribution is 0.194. The van der Waals surface area contributed by atoms with Crippen molar-refractivity contribution in [3.05, 3.63) is 41.2 Å². The minimum absolute atomic E-state index is 0.134. The molecule has 2 nitrogen and oxygen atoms in total. The van der Waals surface area contributed by atoms with Gasteiger partial charge in [-0.25, -0.2) is 4.39 Å². The maximum absolute atomic E-state index is 13.3. The van der Waals surface area contributed by atoms with E-state index in [-0.39, 0.29) is 12.2 Å². The number of hydrogen-bond acceptors (Lipinski definition) is 2. The maximum Gasteiger partial charge on any atom is 0.132 e. The molecule has 0 unspecified atom stereocenters. The highest BCUT2D eigenvalue weighted by Gasteiger charge is 2.08. The summed E-state index contributed by atoms with van der Waals surface area (Å²) >= 11 is 5.50. The first-order valence-electron chi connectivity index (χ1n) is 4.44. The maximum atomic E-state index is 13.3. The van der Waals surface area contributed by atoms with E-state index in [1.165, 1.54) is 19.1 Å². The van der Waals surface area contributed by atoms with E-state index < -0.39 is 11.9 Å². The monoisotopic (exact) mass is 230 g/mol. The molecule has 0 heterocycles. The lowest BCUT2D eigenvalue weighted by atomic mass is 10.1. The van der Waals surface area contributed by atoms with Crippen molar-refractivity contribution in [1.82, 2.24) is 0 Å². The average Bonchev–Trinajstić information content (AvgIpc) is 2.14. The van der Waals surface area contributed by atoms with Crippen LogP contribution in [0, 0.1) is 5.82 Å². The molecule has 0 spiro atoms. The van der Waals surface area contributed by atoms with Crippen molar-refractivity contribution in [2.45, 2.75) is 13.0 Å². The van der Waals surface area contributed by atoms with Crippen LogP contribution in [-0.4, -0.2) is 11.7 Å². The van der Waals surface area contributed by atoms with Gasteiger partial charge in [0.2, 0.25) is 0 Å². The molecule has 0 radical (unpaired) electrons. The van der Waals surface area contributed by atoms with Crippen LogP contribution < -0.4 is 4.74 Å². The Labute approximate surface area is 92.9 Å². The summed E-state index contributed by atoms with van der Waals surface area (Å²) in [7, 11) is 0. The number of aliphatic hydroxyl groups is 1. The zero-order valence-corrected chi connectivity index (χ0v) is 9.09. The van der Waals surface area contributed by atoms with Crippen LogP contribution in [0.15, 0.2) is 29.8 Å². The number of ether oxygens (including phenoxy) is 1. The second kappa shape index (κ2) is 5.14. The lowest BCUT2D eigenvalue weighted by Crippen LogP contribution is -1.99. The van der Waals surface area contributed by atoms with E-state index in [4.69, 9.17) is 16.3 Å². The van der Waals surface area contributed by atoms with Gasteiger partial charge in [0, 0.05) is 16.7 Å².